The Morgan fingerprint density at radius 1 is 0.412 bits per heavy atom. The highest BCUT2D eigenvalue weighted by Gasteiger charge is 2.34. The molecule has 3 heterocycles. The standard InChI is InChI=1S/C80H66N4O/c1-79(2,3)61-42-43-81-76(50-61)84-72-37-23-22-36-66(72)67-41-40-64(52-75(67)84)85-65-45-60(77-68(55-28-14-8-15-29-55)46-59(54-26-12-7-13-27-54)47-69(77)56-30-16-9-17-31-56)44-63(51-65)82-53-83(74-39-25-24-38-73(74)82)78-70(57-32-18-10-19-33-57)48-62(80(4,5)6)49-71(78)58-34-20-11-21-35-58/h7-52H,53H2,1-6H3/i22D,23D,36D,37D,46D,47D,48D,49D. The quantitative estimate of drug-likeness (QED) is 0.129. The number of aromatic nitrogens is 2. The van der Waals surface area contributed by atoms with Gasteiger partial charge in [-0.15, -0.1) is 0 Å². The van der Waals surface area contributed by atoms with Gasteiger partial charge in [-0.25, -0.2) is 4.98 Å². The first-order valence-corrected chi connectivity index (χ1v) is 28.9. The molecule has 11 aromatic carbocycles. The van der Waals surface area contributed by atoms with Gasteiger partial charge in [0.15, 0.2) is 0 Å². The van der Waals surface area contributed by atoms with E-state index in [-0.39, 0.29) is 60.4 Å². The Hall–Kier alpha value is -10.2. The number of ether oxygens (including phenoxy) is 1. The third-order valence-corrected chi connectivity index (χ3v) is 16.0. The van der Waals surface area contributed by atoms with Crippen LogP contribution in [-0.2, 0) is 10.8 Å². The first-order valence-electron chi connectivity index (χ1n) is 32.9. The summed E-state index contributed by atoms with van der Waals surface area (Å²) in [6.45, 7) is 12.8. The van der Waals surface area contributed by atoms with Gasteiger partial charge in [-0.05, 0) is 156 Å². The molecule has 0 bridgehead atoms. The highest BCUT2D eigenvalue weighted by molar-refractivity contribution is 6.10. The summed E-state index contributed by atoms with van der Waals surface area (Å²) in [7, 11) is 0. The summed E-state index contributed by atoms with van der Waals surface area (Å²) in [4.78, 5) is 9.33. The fourth-order valence-corrected chi connectivity index (χ4v) is 11.7. The molecule has 412 valence electrons. The minimum Gasteiger partial charge on any atom is -0.457 e. The number of nitrogens with zero attached hydrogens (tertiary/aromatic N) is 4. The normalized spacial score (nSPS) is 13.8. The fourth-order valence-electron chi connectivity index (χ4n) is 11.7. The molecule has 0 fully saturated rings. The van der Waals surface area contributed by atoms with Crippen LogP contribution in [0.2, 0.25) is 0 Å². The average molecular weight is 1110 g/mol. The van der Waals surface area contributed by atoms with E-state index in [2.05, 4.69) is 69.5 Å². The summed E-state index contributed by atoms with van der Waals surface area (Å²) >= 11 is 0. The van der Waals surface area contributed by atoms with Gasteiger partial charge < -0.3 is 14.5 Å². The van der Waals surface area contributed by atoms with E-state index in [1.807, 2.05) is 211 Å². The first kappa shape index (κ1) is 44.4. The Morgan fingerprint density at radius 2 is 0.929 bits per heavy atom. The van der Waals surface area contributed by atoms with Crippen molar-refractivity contribution in [1.82, 2.24) is 9.55 Å². The number of rotatable bonds is 11. The van der Waals surface area contributed by atoms with Crippen LogP contribution in [0.15, 0.2) is 279 Å². The molecule has 1 aliphatic rings. The van der Waals surface area contributed by atoms with Crippen molar-refractivity contribution >= 4 is 44.6 Å². The first-order chi connectivity index (χ1) is 44.8. The number of para-hydroxylation sites is 3. The molecule has 0 spiro atoms. The molecule has 5 nitrogen and oxygen atoms in total. The SMILES string of the molecule is [2H]c1c(-c2ccccc2)c([2H])c(-c2ccccc2)c(-c2cc(Oc3ccc4c5c([2H])c([2H])c([2H])c([2H])c5n(-c5cc(C(C)(C)C)ccn5)c4c3)cc(N3CN(c4c(-c5ccccc5)c([2H])c(C(C)(C)C)c([2H])c4-c4ccccc4)c4ccccc43)c2)c1-c1ccccc1. The average Bonchev–Trinajstić information content (AvgIpc) is 1.72. The van der Waals surface area contributed by atoms with Gasteiger partial charge in [0.2, 0.25) is 0 Å². The molecule has 0 unspecified atom stereocenters. The fraction of sp³-hybridized carbons (Fsp3) is 0.113. The lowest BCUT2D eigenvalue weighted by Gasteiger charge is -2.30. The van der Waals surface area contributed by atoms with Crippen molar-refractivity contribution in [3.63, 3.8) is 0 Å². The lowest BCUT2D eigenvalue weighted by atomic mass is 9.82. The van der Waals surface area contributed by atoms with Gasteiger partial charge in [0, 0.05) is 45.9 Å². The number of fused-ring (bicyclic) bond motifs is 4. The monoisotopic (exact) mass is 1110 g/mol. The number of benzene rings is 11. The molecular formula is C80H66N4O. The van der Waals surface area contributed by atoms with Gasteiger partial charge >= 0.3 is 0 Å². The summed E-state index contributed by atoms with van der Waals surface area (Å²) in [5, 5.41) is 0.950. The smallest absolute Gasteiger partial charge is 0.137 e. The van der Waals surface area contributed by atoms with Gasteiger partial charge in [-0.1, -0.05) is 223 Å². The molecule has 14 rings (SSSR count). The minimum atomic E-state index is -0.568. The van der Waals surface area contributed by atoms with Gasteiger partial charge in [0.25, 0.3) is 0 Å². The largest absolute Gasteiger partial charge is 0.457 e. The summed E-state index contributed by atoms with van der Waals surface area (Å²) in [5.41, 5.74) is 13.2. The van der Waals surface area contributed by atoms with Crippen molar-refractivity contribution in [3.8, 4) is 84.1 Å². The second kappa shape index (κ2) is 21.5. The lowest BCUT2D eigenvalue weighted by molar-refractivity contribution is 0.483. The predicted octanol–water partition coefficient (Wildman–Crippen LogP) is 21.8. The zero-order valence-electron chi connectivity index (χ0n) is 56.3. The summed E-state index contributed by atoms with van der Waals surface area (Å²) in [5.74, 6) is 1.30. The highest BCUT2D eigenvalue weighted by Crippen LogP contribution is 2.53. The zero-order chi connectivity index (χ0) is 64.8. The summed E-state index contributed by atoms with van der Waals surface area (Å²) in [6.07, 6.45) is 1.73. The van der Waals surface area contributed by atoms with E-state index in [0.717, 1.165) is 50.4 Å². The van der Waals surface area contributed by atoms with E-state index in [4.69, 9.17) is 12.5 Å². The molecule has 0 saturated carbocycles. The molecule has 0 saturated heterocycles. The van der Waals surface area contributed by atoms with Crippen molar-refractivity contribution in [3.05, 3.63) is 290 Å². The molecule has 0 radical (unpaired) electrons. The van der Waals surface area contributed by atoms with Crippen LogP contribution in [-0.4, -0.2) is 16.2 Å². The van der Waals surface area contributed by atoms with E-state index in [1.54, 1.807) is 6.20 Å². The lowest BCUT2D eigenvalue weighted by Crippen LogP contribution is -2.25. The number of anilines is 4. The van der Waals surface area contributed by atoms with Crippen LogP contribution in [0.1, 0.15) is 63.6 Å². The van der Waals surface area contributed by atoms with Crippen LogP contribution in [0, 0.1) is 0 Å². The molecule has 85 heavy (non-hydrogen) atoms. The van der Waals surface area contributed by atoms with Crippen molar-refractivity contribution in [2.45, 2.75) is 52.4 Å². The van der Waals surface area contributed by atoms with Crippen molar-refractivity contribution < 1.29 is 15.7 Å². The number of hydrogen-bond donors (Lipinski definition) is 0. The van der Waals surface area contributed by atoms with E-state index in [9.17, 15) is 8.22 Å². The number of hydrogen-bond acceptors (Lipinski definition) is 4. The van der Waals surface area contributed by atoms with Crippen molar-refractivity contribution in [1.29, 1.82) is 0 Å². The molecule has 2 aromatic heterocycles. The highest BCUT2D eigenvalue weighted by atomic mass is 16.5. The third-order valence-electron chi connectivity index (χ3n) is 16.0. The minimum absolute atomic E-state index is 0.160. The molecule has 0 atom stereocenters. The Kier molecular flexibility index (Phi) is 11.2. The maximum absolute atomic E-state index is 10.4. The second-order valence-corrected chi connectivity index (χ2v) is 23.7. The topological polar surface area (TPSA) is 33.5 Å². The van der Waals surface area contributed by atoms with Gasteiger partial charge in [-0.3, -0.25) is 4.57 Å². The van der Waals surface area contributed by atoms with E-state index in [0.29, 0.717) is 89.3 Å². The van der Waals surface area contributed by atoms with Crippen LogP contribution in [0.4, 0.5) is 22.7 Å². The second-order valence-electron chi connectivity index (χ2n) is 23.7. The van der Waals surface area contributed by atoms with Crippen LogP contribution >= 0.6 is 0 Å². The Morgan fingerprint density at radius 3 is 1.49 bits per heavy atom. The van der Waals surface area contributed by atoms with Crippen LogP contribution < -0.4 is 14.5 Å². The summed E-state index contributed by atoms with van der Waals surface area (Å²) in [6, 6.07) is 73.3. The molecule has 0 aliphatic carbocycles. The molecular weight excluding hydrogens is 1030 g/mol. The van der Waals surface area contributed by atoms with Crippen LogP contribution in [0.5, 0.6) is 11.5 Å². The van der Waals surface area contributed by atoms with Crippen molar-refractivity contribution in [2.75, 3.05) is 16.5 Å². The molecule has 0 N–H and O–H groups in total. The molecule has 0 amide bonds. The van der Waals surface area contributed by atoms with E-state index < -0.39 is 5.41 Å². The van der Waals surface area contributed by atoms with Crippen LogP contribution in [0.3, 0.4) is 0 Å². The van der Waals surface area contributed by atoms with E-state index in [1.165, 1.54) is 0 Å². The summed E-state index contributed by atoms with van der Waals surface area (Å²) < 4.78 is 86.9. The Bertz CT molecular complexity index is 4950. The van der Waals surface area contributed by atoms with Gasteiger partial charge in [0.05, 0.1) is 39.1 Å². The van der Waals surface area contributed by atoms with E-state index >= 15 is 0 Å². The maximum Gasteiger partial charge on any atom is 0.137 e. The molecule has 5 heteroatoms. The van der Waals surface area contributed by atoms with Gasteiger partial charge in [0.1, 0.15) is 24.0 Å². The van der Waals surface area contributed by atoms with Gasteiger partial charge in [-0.2, -0.15) is 0 Å². The Labute approximate surface area is 510 Å². The zero-order valence-corrected chi connectivity index (χ0v) is 48.3. The Balaban J connectivity index is 1.05. The molecule has 13 aromatic rings. The maximum atomic E-state index is 10.4. The predicted molar refractivity (Wildman–Crippen MR) is 357 cm³/mol. The number of pyridine rings is 1. The van der Waals surface area contributed by atoms with Crippen molar-refractivity contribution in [2.24, 2.45) is 0 Å². The molecule has 1 aliphatic heterocycles. The van der Waals surface area contributed by atoms with Crippen LogP contribution in [0.25, 0.3) is 94.4 Å². The third kappa shape index (κ3) is 10.0.